The van der Waals surface area contributed by atoms with Crippen LogP contribution in [0, 0.1) is 0 Å². The van der Waals surface area contributed by atoms with Crippen LogP contribution in [0.3, 0.4) is 0 Å². The molecule has 0 aliphatic carbocycles. The van der Waals surface area contributed by atoms with Crippen molar-refractivity contribution in [1.29, 1.82) is 0 Å². The van der Waals surface area contributed by atoms with Gasteiger partial charge in [-0.3, -0.25) is 0 Å². The van der Waals surface area contributed by atoms with Gasteiger partial charge in [-0.1, -0.05) is 0 Å². The Bertz CT molecular complexity index is 1790. The van der Waals surface area contributed by atoms with Crippen LogP contribution in [-0.2, 0) is 10.8 Å². The van der Waals surface area contributed by atoms with E-state index in [0.29, 0.717) is 20.7 Å². The molecule has 0 unspecified atom stereocenters. The fraction of sp³-hybridized carbons (Fsp3) is 0.667. The van der Waals surface area contributed by atoms with Gasteiger partial charge >= 0.3 is 417 Å². The van der Waals surface area contributed by atoms with Gasteiger partial charge in [-0.15, -0.1) is 0 Å². The summed E-state index contributed by atoms with van der Waals surface area (Å²) in [4.78, 5) is 18.3. The fourth-order valence-corrected chi connectivity index (χ4v) is 99.0. The van der Waals surface area contributed by atoms with E-state index in [4.69, 9.17) is 0 Å². The first-order valence-corrected chi connectivity index (χ1v) is 63.5. The molecule has 0 fully saturated rings. The third-order valence-corrected chi connectivity index (χ3v) is 71.7. The van der Waals surface area contributed by atoms with Crippen LogP contribution in [0.15, 0.2) is 53.7 Å². The summed E-state index contributed by atoms with van der Waals surface area (Å²) in [5.74, 6) is 0. The molecule has 0 radical (unpaired) electrons. The number of benzene rings is 2. The van der Waals surface area contributed by atoms with Gasteiger partial charge in [0, 0.05) is 0 Å². The molecule has 0 nitrogen and oxygen atoms in total. The van der Waals surface area contributed by atoms with Gasteiger partial charge in [0.1, 0.15) is 0 Å². The topological polar surface area (TPSA) is 0 Å². The molecule has 0 atom stereocenters. The molecular formula is C54H104Ge2Si8. The number of hydrogen-bond donors (Lipinski definition) is 0. The van der Waals surface area contributed by atoms with Crippen LogP contribution in [0.1, 0.15) is 95.6 Å². The summed E-state index contributed by atoms with van der Waals surface area (Å²) in [6, 6.07) is 11.4. The average Bonchev–Trinajstić information content (AvgIpc) is 2.99. The predicted molar refractivity (Wildman–Crippen MR) is 326 cm³/mol. The molecule has 3 aliphatic rings. The van der Waals surface area contributed by atoms with Crippen molar-refractivity contribution < 1.29 is 0 Å². The van der Waals surface area contributed by atoms with E-state index in [1.807, 2.05) is 31.0 Å². The van der Waals surface area contributed by atoms with Crippen LogP contribution in [0.2, 0.25) is 157 Å². The van der Waals surface area contributed by atoms with Crippen LogP contribution >= 0.6 is 0 Å². The summed E-state index contributed by atoms with van der Waals surface area (Å²) in [5.41, 5.74) is 10.7. The SMILES string of the molecule is CC(C)(C)c1cc(C([Si](C)(C)C)[Si](C)(C)C)[c]([Ge]23[CH]=[CH][Ge]([c]4c(C([Si](C)(C)C)[Si](C)(C)C)cc(C(C)(C)C)cc4C([Si](C)(C)C)[Si](C)(C)C)([CH]=[CH]2)[CH]=[CH]3)c(C([Si](C)(C)C)[Si](C)(C)C)c1. The zero-order valence-electron chi connectivity index (χ0n) is 48.1. The summed E-state index contributed by atoms with van der Waals surface area (Å²) in [5, 5.41) is 2.82. The Hall–Kier alpha value is 0.481. The van der Waals surface area contributed by atoms with Gasteiger partial charge < -0.3 is 0 Å². The molecule has 0 N–H and O–H groups in total. The first-order valence-electron chi connectivity index (χ1n) is 25.5. The summed E-state index contributed by atoms with van der Waals surface area (Å²) in [6.07, 6.45) is 0. The Morgan fingerprint density at radius 1 is 0.281 bits per heavy atom. The van der Waals surface area contributed by atoms with Gasteiger partial charge in [0.2, 0.25) is 0 Å². The van der Waals surface area contributed by atoms with Gasteiger partial charge in [-0.25, -0.2) is 0 Å². The molecule has 2 aromatic carbocycles. The second-order valence-corrected chi connectivity index (χ2v) is 91.0. The molecular weight excluding hydrogens is 1020 g/mol. The molecule has 3 heterocycles. The Labute approximate surface area is 413 Å². The quantitative estimate of drug-likeness (QED) is 0.165. The van der Waals surface area contributed by atoms with Crippen molar-refractivity contribution >= 4 is 99.9 Å². The average molecular weight is 1120 g/mol. The van der Waals surface area contributed by atoms with Crippen molar-refractivity contribution in [3.05, 3.63) is 87.1 Å². The number of rotatable bonds is 14. The molecule has 0 saturated carbocycles. The zero-order chi connectivity index (χ0) is 50.0. The summed E-state index contributed by atoms with van der Waals surface area (Å²) in [6.45, 7) is 80.2. The first-order chi connectivity index (χ1) is 28.0. The molecule has 0 amide bonds. The van der Waals surface area contributed by atoms with Gasteiger partial charge in [0.25, 0.3) is 0 Å². The van der Waals surface area contributed by atoms with Gasteiger partial charge in [-0.05, 0) is 0 Å². The summed E-state index contributed by atoms with van der Waals surface area (Å²) >= 11 is -6.34. The van der Waals surface area contributed by atoms with E-state index in [1.165, 1.54) is 0 Å². The van der Waals surface area contributed by atoms with Crippen molar-refractivity contribution in [3.63, 3.8) is 0 Å². The fourth-order valence-electron chi connectivity index (χ4n) is 14.7. The van der Waals surface area contributed by atoms with E-state index in [2.05, 4.69) is 252 Å². The van der Waals surface area contributed by atoms with Crippen molar-refractivity contribution in [3.8, 4) is 0 Å². The third-order valence-electron chi connectivity index (χ3n) is 15.1. The molecule has 3 aliphatic heterocycles. The Balaban J connectivity index is 2.35. The van der Waals surface area contributed by atoms with Crippen molar-refractivity contribution in [2.75, 3.05) is 0 Å². The Kier molecular flexibility index (Phi) is 15.7. The molecule has 0 aromatic heterocycles. The maximum atomic E-state index is 3.05. The second kappa shape index (κ2) is 17.7. The van der Waals surface area contributed by atoms with E-state index < -0.39 is 91.1 Å². The molecule has 0 saturated heterocycles. The minimum absolute atomic E-state index is 0.100. The summed E-state index contributed by atoms with van der Waals surface area (Å²) in [7, 11) is -13.2. The van der Waals surface area contributed by atoms with Crippen molar-refractivity contribution in [1.82, 2.24) is 0 Å². The third kappa shape index (κ3) is 11.8. The van der Waals surface area contributed by atoms with E-state index in [1.54, 1.807) is 11.1 Å². The van der Waals surface area contributed by atoms with Gasteiger partial charge in [-0.2, -0.15) is 0 Å². The van der Waals surface area contributed by atoms with Gasteiger partial charge in [0.15, 0.2) is 0 Å². The monoisotopic (exact) mass is 1120 g/mol. The van der Waals surface area contributed by atoms with E-state index in [-0.39, 0.29) is 10.8 Å². The summed E-state index contributed by atoms with van der Waals surface area (Å²) < 4.78 is 3.81. The molecule has 2 bridgehead atoms. The van der Waals surface area contributed by atoms with Crippen LogP contribution < -0.4 is 8.79 Å². The van der Waals surface area contributed by atoms with Crippen LogP contribution in [-0.4, -0.2) is 91.1 Å². The van der Waals surface area contributed by atoms with Crippen molar-refractivity contribution in [2.24, 2.45) is 0 Å². The van der Waals surface area contributed by atoms with Crippen LogP contribution in [0.5, 0.6) is 0 Å². The molecule has 5 rings (SSSR count). The Morgan fingerprint density at radius 2 is 0.422 bits per heavy atom. The van der Waals surface area contributed by atoms with Crippen molar-refractivity contribution in [2.45, 2.75) is 230 Å². The Morgan fingerprint density at radius 3 is 0.531 bits per heavy atom. The number of hydrogen-bond acceptors (Lipinski definition) is 0. The second-order valence-electron chi connectivity index (χ2n) is 32.1. The molecule has 0 spiro atoms. The van der Waals surface area contributed by atoms with Crippen LogP contribution in [0.4, 0.5) is 0 Å². The first kappa shape index (κ1) is 57.1. The molecule has 64 heavy (non-hydrogen) atoms. The van der Waals surface area contributed by atoms with E-state index in [9.17, 15) is 0 Å². The maximum absolute atomic E-state index is 3.17. The predicted octanol–water partition coefficient (Wildman–Crippen LogP) is 16.6. The van der Waals surface area contributed by atoms with E-state index in [0.717, 1.165) is 0 Å². The van der Waals surface area contributed by atoms with Crippen LogP contribution in [0.25, 0.3) is 0 Å². The zero-order valence-corrected chi connectivity index (χ0v) is 60.3. The minimum atomic E-state index is -3.17. The molecule has 2 aromatic rings. The molecule has 10 heteroatoms. The van der Waals surface area contributed by atoms with E-state index >= 15 is 0 Å². The standard InChI is InChI=1S/C54H104Ge2Si8/c1-53(2,3)41-37-43(49(57(7,8)9)58(10,11)12)47(44(38-41)50(59(13,14)15)60(16,17)18)55-31-34-56(35-32-55,36-33-55)48-45(51(61(19,20)21)62(22,23)24)39-42(54(4,5)6)40-46(48)52(63(25,26)27)64(28,29)30/h31-40,49-52H,1-30H3. The normalized spacial score (nSPS) is 20.8. The molecule has 360 valence electrons. The van der Waals surface area contributed by atoms with Gasteiger partial charge in [0.05, 0.1) is 0 Å².